The molecule has 0 radical (unpaired) electrons. The van der Waals surface area contributed by atoms with Gasteiger partial charge in [-0.05, 0) is 53.1 Å². The van der Waals surface area contributed by atoms with E-state index in [1.165, 1.54) is 0 Å². The summed E-state index contributed by atoms with van der Waals surface area (Å²) >= 11 is 12.4. The number of imidazole rings is 1. The number of aryl methyl sites for hydroxylation is 1. The van der Waals surface area contributed by atoms with Crippen LogP contribution in [0.25, 0.3) is 11.1 Å². The number of rotatable bonds is 6. The van der Waals surface area contributed by atoms with Gasteiger partial charge in [0.15, 0.2) is 0 Å². The zero-order chi connectivity index (χ0) is 23.4. The molecule has 0 aliphatic heterocycles. The van der Waals surface area contributed by atoms with Crippen LogP contribution in [0.5, 0.6) is 0 Å². The Hall–Kier alpha value is -3.68. The summed E-state index contributed by atoms with van der Waals surface area (Å²) in [5.74, 6) is 0. The van der Waals surface area contributed by atoms with Crippen molar-refractivity contribution in [2.45, 2.75) is 12.7 Å². The molecular weight excluding hydrogens is 457 g/mol. The molecule has 4 aromatic rings. The van der Waals surface area contributed by atoms with Gasteiger partial charge >= 0.3 is 0 Å². The smallest absolute Gasteiger partial charge is 0.140 e. The summed E-state index contributed by atoms with van der Waals surface area (Å²) in [6.07, 6.45) is 4.60. The van der Waals surface area contributed by atoms with Crippen LogP contribution in [0.3, 0.4) is 0 Å². The highest BCUT2D eigenvalue weighted by molar-refractivity contribution is 6.35. The molecule has 1 atom stereocenters. The molecule has 0 aliphatic rings. The van der Waals surface area contributed by atoms with E-state index in [-0.39, 0.29) is 6.61 Å². The van der Waals surface area contributed by atoms with Gasteiger partial charge in [0.2, 0.25) is 0 Å². The number of hydrogen-bond donors (Lipinski definition) is 0. The third kappa shape index (κ3) is 5.05. The number of halogens is 2. The minimum Gasteiger partial charge on any atom is -0.362 e. The van der Waals surface area contributed by atoms with E-state index in [1.807, 2.05) is 29.8 Å². The highest BCUT2D eigenvalue weighted by atomic mass is 35.5. The number of hydrogen-bond acceptors (Lipinski definition) is 5. The Morgan fingerprint density at radius 1 is 1.00 bits per heavy atom. The summed E-state index contributed by atoms with van der Waals surface area (Å²) in [5, 5.41) is 19.5. The Balaban J connectivity index is 1.71. The molecule has 2 aromatic carbocycles. The van der Waals surface area contributed by atoms with Crippen LogP contribution < -0.4 is 0 Å². The topological polar surface area (TPSA) is 87.5 Å². The van der Waals surface area contributed by atoms with Crippen molar-refractivity contribution in [2.24, 2.45) is 7.05 Å². The third-order valence-electron chi connectivity index (χ3n) is 5.14. The molecule has 0 N–H and O–H groups in total. The first-order valence-corrected chi connectivity index (χ1v) is 10.7. The van der Waals surface area contributed by atoms with Gasteiger partial charge in [0.05, 0.1) is 36.5 Å². The first kappa shape index (κ1) is 22.5. The molecule has 2 heterocycles. The standard InChI is InChI=1S/C25H17Cl2N5O/c1-32-15-30-13-24(32)25(17-4-5-22(11-29)31-12-17)33-14-18-3-2-16(10-28)6-23(18)19-7-20(26)9-21(27)8-19/h2-9,12-13,15,25H,14H2,1H3. The maximum absolute atomic E-state index is 9.40. The van der Waals surface area contributed by atoms with Crippen molar-refractivity contribution in [3.8, 4) is 23.3 Å². The van der Waals surface area contributed by atoms with Crippen LogP contribution >= 0.6 is 23.2 Å². The Morgan fingerprint density at radius 2 is 1.79 bits per heavy atom. The SMILES string of the molecule is Cn1cncc1C(OCc1ccc(C#N)cc1-c1cc(Cl)cc(Cl)c1)c1ccc(C#N)nc1. The summed E-state index contributed by atoms with van der Waals surface area (Å²) in [5.41, 5.74) is 4.93. The van der Waals surface area contributed by atoms with E-state index in [4.69, 9.17) is 33.2 Å². The molecule has 162 valence electrons. The molecule has 1 unspecified atom stereocenters. The predicted molar refractivity (Wildman–Crippen MR) is 125 cm³/mol. The molecular formula is C25H17Cl2N5O. The molecule has 6 nitrogen and oxygen atoms in total. The second-order valence-corrected chi connectivity index (χ2v) is 8.22. The van der Waals surface area contributed by atoms with Crippen LogP contribution in [0.1, 0.15) is 34.2 Å². The lowest BCUT2D eigenvalue weighted by atomic mass is 9.97. The Morgan fingerprint density at radius 3 is 2.39 bits per heavy atom. The summed E-state index contributed by atoms with van der Waals surface area (Å²) in [6, 6.07) is 18.3. The van der Waals surface area contributed by atoms with Crippen LogP contribution in [0, 0.1) is 22.7 Å². The number of nitrogens with zero attached hydrogens (tertiary/aromatic N) is 5. The first-order valence-electron chi connectivity index (χ1n) is 9.92. The van der Waals surface area contributed by atoms with E-state index in [2.05, 4.69) is 16.0 Å². The van der Waals surface area contributed by atoms with Gasteiger partial charge in [0.1, 0.15) is 17.9 Å². The van der Waals surface area contributed by atoms with Crippen molar-refractivity contribution in [3.05, 3.63) is 105 Å². The van der Waals surface area contributed by atoms with Gasteiger partial charge in [-0.3, -0.25) is 0 Å². The van der Waals surface area contributed by atoms with Crippen LogP contribution in [0.15, 0.2) is 67.3 Å². The zero-order valence-electron chi connectivity index (χ0n) is 17.5. The Bertz CT molecular complexity index is 1360. The zero-order valence-corrected chi connectivity index (χ0v) is 19.0. The highest BCUT2D eigenvalue weighted by Crippen LogP contribution is 2.33. The predicted octanol–water partition coefficient (Wildman–Crippen LogP) is 5.84. The minimum atomic E-state index is -0.468. The lowest BCUT2D eigenvalue weighted by Crippen LogP contribution is -2.11. The number of ether oxygens (including phenoxy) is 1. The van der Waals surface area contributed by atoms with Crippen LogP contribution in [0.2, 0.25) is 10.0 Å². The molecule has 2 aromatic heterocycles. The monoisotopic (exact) mass is 473 g/mol. The highest BCUT2D eigenvalue weighted by Gasteiger charge is 2.20. The van der Waals surface area contributed by atoms with Crippen LogP contribution in [-0.2, 0) is 18.4 Å². The van der Waals surface area contributed by atoms with Crippen molar-refractivity contribution in [3.63, 3.8) is 0 Å². The van der Waals surface area contributed by atoms with Gasteiger partial charge in [0, 0.05) is 28.9 Å². The fourth-order valence-corrected chi connectivity index (χ4v) is 4.05. The van der Waals surface area contributed by atoms with E-state index < -0.39 is 6.10 Å². The molecule has 0 saturated heterocycles. The van der Waals surface area contributed by atoms with Gasteiger partial charge in [0.25, 0.3) is 0 Å². The number of aromatic nitrogens is 3. The summed E-state index contributed by atoms with van der Waals surface area (Å²) in [4.78, 5) is 8.39. The molecule has 0 aliphatic carbocycles. The van der Waals surface area contributed by atoms with Gasteiger partial charge in [-0.1, -0.05) is 35.3 Å². The molecule has 0 amide bonds. The van der Waals surface area contributed by atoms with Gasteiger partial charge in [-0.2, -0.15) is 10.5 Å². The van der Waals surface area contributed by atoms with Gasteiger partial charge < -0.3 is 9.30 Å². The minimum absolute atomic E-state index is 0.237. The van der Waals surface area contributed by atoms with E-state index in [0.29, 0.717) is 21.3 Å². The average molecular weight is 474 g/mol. The summed E-state index contributed by atoms with van der Waals surface area (Å²) in [6.45, 7) is 0.237. The number of benzene rings is 2. The second-order valence-electron chi connectivity index (χ2n) is 7.35. The van der Waals surface area contributed by atoms with Crippen molar-refractivity contribution in [1.29, 1.82) is 10.5 Å². The maximum atomic E-state index is 9.40. The molecule has 0 spiro atoms. The first-order chi connectivity index (χ1) is 16.0. The van der Waals surface area contributed by atoms with Crippen molar-refractivity contribution in [2.75, 3.05) is 0 Å². The second kappa shape index (κ2) is 9.85. The van der Waals surface area contributed by atoms with Crippen molar-refractivity contribution < 1.29 is 4.74 Å². The van der Waals surface area contributed by atoms with Gasteiger partial charge in [-0.15, -0.1) is 0 Å². The van der Waals surface area contributed by atoms with E-state index in [0.717, 1.165) is 27.9 Å². The lowest BCUT2D eigenvalue weighted by molar-refractivity contribution is 0.0622. The molecule has 4 rings (SSSR count). The molecule has 8 heteroatoms. The van der Waals surface area contributed by atoms with Crippen molar-refractivity contribution in [1.82, 2.24) is 14.5 Å². The summed E-state index contributed by atoms with van der Waals surface area (Å²) in [7, 11) is 1.89. The normalized spacial score (nSPS) is 11.5. The van der Waals surface area contributed by atoms with Crippen molar-refractivity contribution >= 4 is 23.2 Å². The molecule has 0 fully saturated rings. The number of nitriles is 2. The quantitative estimate of drug-likeness (QED) is 0.351. The van der Waals surface area contributed by atoms with Crippen LogP contribution in [-0.4, -0.2) is 14.5 Å². The van der Waals surface area contributed by atoms with E-state index in [9.17, 15) is 5.26 Å². The Labute approximate surface area is 201 Å². The number of pyridine rings is 1. The van der Waals surface area contributed by atoms with Crippen LogP contribution in [0.4, 0.5) is 0 Å². The molecule has 0 bridgehead atoms. The maximum Gasteiger partial charge on any atom is 0.140 e. The molecule has 0 saturated carbocycles. The fraction of sp³-hybridized carbons (Fsp3) is 0.120. The molecule has 33 heavy (non-hydrogen) atoms. The van der Waals surface area contributed by atoms with E-state index >= 15 is 0 Å². The lowest BCUT2D eigenvalue weighted by Gasteiger charge is -2.20. The largest absolute Gasteiger partial charge is 0.362 e. The summed E-state index contributed by atoms with van der Waals surface area (Å²) < 4.78 is 8.25. The fourth-order valence-electron chi connectivity index (χ4n) is 3.52. The Kier molecular flexibility index (Phi) is 6.72. The van der Waals surface area contributed by atoms with E-state index in [1.54, 1.807) is 55.1 Å². The van der Waals surface area contributed by atoms with Gasteiger partial charge in [-0.25, -0.2) is 9.97 Å². The third-order valence-corrected chi connectivity index (χ3v) is 5.58. The average Bonchev–Trinajstić information content (AvgIpc) is 3.24.